The highest BCUT2D eigenvalue weighted by Crippen LogP contribution is 2.11. The van der Waals surface area contributed by atoms with Crippen molar-refractivity contribution in [3.05, 3.63) is 10.8 Å². The maximum absolute atomic E-state index is 7.85. The van der Waals surface area contributed by atoms with Crippen molar-refractivity contribution in [2.24, 2.45) is 0 Å². The molecule has 1 aliphatic rings. The summed E-state index contributed by atoms with van der Waals surface area (Å²) in [6.07, 6.45) is 0. The Labute approximate surface area is 97.9 Å². The summed E-state index contributed by atoms with van der Waals surface area (Å²) in [7, 11) is 0. The lowest BCUT2D eigenvalue weighted by atomic mass is 10.3. The highest BCUT2D eigenvalue weighted by atomic mass is 35.5. The molecular formula is C7H11Cl2N5O. The van der Waals surface area contributed by atoms with Gasteiger partial charge in [-0.15, -0.1) is 17.5 Å². The Morgan fingerprint density at radius 3 is 2.60 bits per heavy atom. The highest BCUT2D eigenvalue weighted by Gasteiger charge is 2.19. The third kappa shape index (κ3) is 2.58. The van der Waals surface area contributed by atoms with Crippen LogP contribution in [-0.4, -0.2) is 52.4 Å². The third-order valence-corrected chi connectivity index (χ3v) is 2.32. The first-order valence-electron chi connectivity index (χ1n) is 4.27. The molecule has 15 heavy (non-hydrogen) atoms. The van der Waals surface area contributed by atoms with Crippen LogP contribution in [0.5, 0.6) is 0 Å². The molecule has 0 bridgehead atoms. The molecule has 2 N–H and O–H groups in total. The Kier molecular flexibility index (Phi) is 4.31. The van der Waals surface area contributed by atoms with Crippen molar-refractivity contribution in [3.63, 3.8) is 0 Å². The summed E-state index contributed by atoms with van der Waals surface area (Å²) >= 11 is 5.75. The molecule has 1 aliphatic heterocycles. The van der Waals surface area contributed by atoms with Gasteiger partial charge in [-0.1, -0.05) is 11.6 Å². The van der Waals surface area contributed by atoms with E-state index in [1.54, 1.807) is 0 Å². The largest absolute Gasteiger partial charge is 0.378 e. The van der Waals surface area contributed by atoms with E-state index in [0.29, 0.717) is 37.8 Å². The van der Waals surface area contributed by atoms with E-state index < -0.39 is 0 Å². The first-order chi connectivity index (χ1) is 6.79. The SMILES string of the molecule is Cl.N=C(c1n[nH]nc1Cl)N1CCOCC1. The molecule has 0 atom stereocenters. The topological polar surface area (TPSA) is 77.9 Å². The Morgan fingerprint density at radius 1 is 1.40 bits per heavy atom. The molecule has 0 amide bonds. The molecule has 84 valence electrons. The van der Waals surface area contributed by atoms with E-state index in [-0.39, 0.29) is 17.6 Å². The van der Waals surface area contributed by atoms with E-state index in [9.17, 15) is 0 Å². The lowest BCUT2D eigenvalue weighted by Crippen LogP contribution is -2.41. The van der Waals surface area contributed by atoms with Gasteiger partial charge in [-0.25, -0.2) is 0 Å². The molecule has 2 rings (SSSR count). The molecule has 0 saturated carbocycles. The monoisotopic (exact) mass is 251 g/mol. The van der Waals surface area contributed by atoms with Crippen LogP contribution in [0.1, 0.15) is 5.69 Å². The Morgan fingerprint density at radius 2 is 2.07 bits per heavy atom. The second-order valence-electron chi connectivity index (χ2n) is 2.91. The van der Waals surface area contributed by atoms with Crippen molar-refractivity contribution in [2.45, 2.75) is 0 Å². The molecule has 1 saturated heterocycles. The van der Waals surface area contributed by atoms with Gasteiger partial charge in [0.15, 0.2) is 16.7 Å². The number of amidine groups is 1. The van der Waals surface area contributed by atoms with Crippen molar-refractivity contribution in [3.8, 4) is 0 Å². The van der Waals surface area contributed by atoms with Crippen LogP contribution >= 0.6 is 24.0 Å². The van der Waals surface area contributed by atoms with E-state index in [1.165, 1.54) is 0 Å². The number of ether oxygens (including phenoxy) is 1. The first-order valence-corrected chi connectivity index (χ1v) is 4.64. The van der Waals surface area contributed by atoms with Crippen LogP contribution in [0, 0.1) is 5.41 Å². The van der Waals surface area contributed by atoms with Gasteiger partial charge >= 0.3 is 0 Å². The van der Waals surface area contributed by atoms with Gasteiger partial charge in [-0.05, 0) is 0 Å². The van der Waals surface area contributed by atoms with Crippen LogP contribution in [0.15, 0.2) is 0 Å². The number of hydrogen-bond acceptors (Lipinski definition) is 4. The van der Waals surface area contributed by atoms with Gasteiger partial charge in [0.25, 0.3) is 0 Å². The van der Waals surface area contributed by atoms with Crippen LogP contribution in [0.25, 0.3) is 0 Å². The van der Waals surface area contributed by atoms with Gasteiger partial charge in [0.1, 0.15) is 0 Å². The van der Waals surface area contributed by atoms with Crippen molar-refractivity contribution in [1.82, 2.24) is 20.3 Å². The average Bonchev–Trinajstić information content (AvgIpc) is 2.65. The van der Waals surface area contributed by atoms with Gasteiger partial charge in [0, 0.05) is 13.1 Å². The lowest BCUT2D eigenvalue weighted by molar-refractivity contribution is 0.0679. The van der Waals surface area contributed by atoms with Crippen molar-refractivity contribution in [1.29, 1.82) is 5.41 Å². The molecule has 0 aliphatic carbocycles. The summed E-state index contributed by atoms with van der Waals surface area (Å²) in [5.74, 6) is 0.298. The van der Waals surface area contributed by atoms with E-state index in [2.05, 4.69) is 15.4 Å². The lowest BCUT2D eigenvalue weighted by Gasteiger charge is -2.27. The number of aromatic amines is 1. The fourth-order valence-electron chi connectivity index (χ4n) is 1.31. The number of nitrogens with one attached hydrogen (secondary N) is 2. The second kappa shape index (κ2) is 5.29. The minimum Gasteiger partial charge on any atom is -0.378 e. The first kappa shape index (κ1) is 12.2. The summed E-state index contributed by atoms with van der Waals surface area (Å²) in [4.78, 5) is 1.87. The van der Waals surface area contributed by atoms with Crippen molar-refractivity contribution >= 4 is 29.8 Å². The van der Waals surface area contributed by atoms with Crippen LogP contribution in [0.4, 0.5) is 0 Å². The maximum atomic E-state index is 7.85. The molecule has 8 heteroatoms. The fourth-order valence-corrected chi connectivity index (χ4v) is 1.47. The molecule has 1 fully saturated rings. The fraction of sp³-hybridized carbons (Fsp3) is 0.571. The molecule has 1 aromatic rings. The van der Waals surface area contributed by atoms with Crippen molar-refractivity contribution < 1.29 is 4.74 Å². The van der Waals surface area contributed by atoms with E-state index in [0.717, 1.165) is 0 Å². The third-order valence-electron chi connectivity index (χ3n) is 2.06. The maximum Gasteiger partial charge on any atom is 0.182 e. The zero-order valence-electron chi connectivity index (χ0n) is 7.86. The normalized spacial score (nSPS) is 15.9. The number of halogens is 2. The molecule has 0 unspecified atom stereocenters. The summed E-state index contributed by atoms with van der Waals surface area (Å²) in [5.41, 5.74) is 0.397. The van der Waals surface area contributed by atoms with E-state index in [1.807, 2.05) is 4.90 Å². The van der Waals surface area contributed by atoms with Crippen LogP contribution in [0.3, 0.4) is 0 Å². The number of H-pyrrole nitrogens is 1. The van der Waals surface area contributed by atoms with Gasteiger partial charge in [-0.2, -0.15) is 10.3 Å². The van der Waals surface area contributed by atoms with Crippen molar-refractivity contribution in [2.75, 3.05) is 26.3 Å². The predicted molar refractivity (Wildman–Crippen MR) is 57.9 cm³/mol. The number of nitrogens with zero attached hydrogens (tertiary/aromatic N) is 3. The van der Waals surface area contributed by atoms with Gasteiger partial charge in [0.2, 0.25) is 0 Å². The molecule has 2 heterocycles. The summed E-state index contributed by atoms with van der Waals surface area (Å²) < 4.78 is 5.18. The standard InChI is InChI=1S/C7H10ClN5O.ClH/c8-6-5(10-12-11-6)7(9)13-1-3-14-4-2-13;/h9H,1-4H2,(H,10,11,12);1H. The van der Waals surface area contributed by atoms with E-state index >= 15 is 0 Å². The zero-order chi connectivity index (χ0) is 9.97. The molecule has 1 aromatic heterocycles. The Hall–Kier alpha value is -0.850. The second-order valence-corrected chi connectivity index (χ2v) is 3.27. The highest BCUT2D eigenvalue weighted by molar-refractivity contribution is 6.32. The molecule has 0 spiro atoms. The average molecular weight is 252 g/mol. The minimum absolute atomic E-state index is 0. The molecule has 0 radical (unpaired) electrons. The Balaban J connectivity index is 0.00000112. The summed E-state index contributed by atoms with van der Waals surface area (Å²) in [5, 5.41) is 17.9. The van der Waals surface area contributed by atoms with Gasteiger partial charge < -0.3 is 9.64 Å². The summed E-state index contributed by atoms with van der Waals surface area (Å²) in [6.45, 7) is 2.67. The molecule has 6 nitrogen and oxygen atoms in total. The predicted octanol–water partition coefficient (Wildman–Crippen LogP) is 0.537. The molecule has 0 aromatic carbocycles. The number of hydrogen-bond donors (Lipinski definition) is 2. The van der Waals surface area contributed by atoms with Crippen LogP contribution in [-0.2, 0) is 4.74 Å². The summed E-state index contributed by atoms with van der Waals surface area (Å²) in [6, 6.07) is 0. The molecular weight excluding hydrogens is 241 g/mol. The quantitative estimate of drug-likeness (QED) is 0.564. The smallest absolute Gasteiger partial charge is 0.182 e. The number of morpholine rings is 1. The van der Waals surface area contributed by atoms with Gasteiger partial charge in [-0.3, -0.25) is 5.41 Å². The van der Waals surface area contributed by atoms with Crippen LogP contribution in [0.2, 0.25) is 5.15 Å². The van der Waals surface area contributed by atoms with Gasteiger partial charge in [0.05, 0.1) is 13.2 Å². The van der Waals surface area contributed by atoms with Crippen LogP contribution < -0.4 is 0 Å². The number of rotatable bonds is 1. The number of aromatic nitrogens is 3. The Bertz CT molecular complexity index is 336. The zero-order valence-corrected chi connectivity index (χ0v) is 9.44. The minimum atomic E-state index is 0. The van der Waals surface area contributed by atoms with E-state index in [4.69, 9.17) is 21.7 Å².